The number of carbonyl (C=O) groups is 1. The van der Waals surface area contributed by atoms with Crippen LogP contribution in [0.5, 0.6) is 5.75 Å². The van der Waals surface area contributed by atoms with Gasteiger partial charge in [0.1, 0.15) is 5.75 Å². The number of nitrogens with zero attached hydrogens (tertiary/aromatic N) is 1. The Kier molecular flexibility index (Phi) is 6.50. The Morgan fingerprint density at radius 3 is 2.54 bits per heavy atom. The predicted octanol–water partition coefficient (Wildman–Crippen LogP) is 5.20. The van der Waals surface area contributed by atoms with E-state index in [9.17, 15) is 4.79 Å². The van der Waals surface area contributed by atoms with E-state index in [-0.39, 0.29) is 12.0 Å². The predicted molar refractivity (Wildman–Crippen MR) is 112 cm³/mol. The molecule has 5 nitrogen and oxygen atoms in total. The van der Waals surface area contributed by atoms with Gasteiger partial charge in [0.05, 0.1) is 23.6 Å². The summed E-state index contributed by atoms with van der Waals surface area (Å²) in [7, 11) is 0. The molecule has 2 N–H and O–H groups in total. The number of benzene rings is 2. The fourth-order valence-corrected chi connectivity index (χ4v) is 2.81. The first-order valence-corrected chi connectivity index (χ1v) is 9.39. The molecule has 1 amide bonds. The van der Waals surface area contributed by atoms with Crippen molar-refractivity contribution in [1.82, 2.24) is 10.3 Å². The molecule has 0 unspecified atom stereocenters. The molecule has 0 saturated heterocycles. The lowest BCUT2D eigenvalue weighted by Crippen LogP contribution is -2.23. The second-order valence-electron chi connectivity index (χ2n) is 6.55. The van der Waals surface area contributed by atoms with Crippen molar-refractivity contribution in [2.24, 2.45) is 0 Å². The van der Waals surface area contributed by atoms with E-state index >= 15 is 0 Å². The van der Waals surface area contributed by atoms with E-state index in [1.165, 1.54) is 6.20 Å². The Morgan fingerprint density at radius 1 is 1.07 bits per heavy atom. The molecule has 0 aliphatic heterocycles. The van der Waals surface area contributed by atoms with Crippen LogP contribution in [0.1, 0.15) is 29.8 Å². The van der Waals surface area contributed by atoms with Crippen molar-refractivity contribution < 1.29 is 9.53 Å². The molecule has 28 heavy (non-hydrogen) atoms. The van der Waals surface area contributed by atoms with Crippen molar-refractivity contribution in [1.29, 1.82) is 0 Å². The molecule has 1 aromatic heterocycles. The van der Waals surface area contributed by atoms with Gasteiger partial charge in [0, 0.05) is 23.5 Å². The number of carbonyl (C=O) groups excluding carboxylic acids is 1. The molecule has 2 aromatic carbocycles. The van der Waals surface area contributed by atoms with Gasteiger partial charge in [-0.15, -0.1) is 0 Å². The summed E-state index contributed by atoms with van der Waals surface area (Å²) in [5.74, 6) is 0.600. The number of pyridine rings is 1. The Bertz CT molecular complexity index is 943. The lowest BCUT2D eigenvalue weighted by molar-refractivity contribution is 0.0950. The van der Waals surface area contributed by atoms with Crippen molar-refractivity contribution in [3.05, 3.63) is 83.1 Å². The highest BCUT2D eigenvalue weighted by Gasteiger charge is 2.08. The van der Waals surface area contributed by atoms with E-state index in [1.807, 2.05) is 56.3 Å². The molecular weight excluding hydrogens is 374 g/mol. The summed E-state index contributed by atoms with van der Waals surface area (Å²) >= 11 is 6.13. The van der Waals surface area contributed by atoms with Crippen LogP contribution in [0.3, 0.4) is 0 Å². The van der Waals surface area contributed by atoms with Crippen molar-refractivity contribution in [3.8, 4) is 5.75 Å². The van der Waals surface area contributed by atoms with Crippen LogP contribution >= 0.6 is 11.6 Å². The van der Waals surface area contributed by atoms with E-state index in [0.29, 0.717) is 17.1 Å². The minimum absolute atomic E-state index is 0.129. The first-order valence-electron chi connectivity index (χ1n) is 9.01. The molecule has 0 radical (unpaired) electrons. The van der Waals surface area contributed by atoms with Gasteiger partial charge in [-0.2, -0.15) is 0 Å². The molecule has 144 valence electrons. The minimum Gasteiger partial charge on any atom is -0.491 e. The summed E-state index contributed by atoms with van der Waals surface area (Å²) in [5, 5.41) is 6.73. The van der Waals surface area contributed by atoms with Crippen LogP contribution in [0, 0.1) is 0 Å². The summed E-state index contributed by atoms with van der Waals surface area (Å²) in [6, 6.07) is 16.8. The summed E-state index contributed by atoms with van der Waals surface area (Å²) in [4.78, 5) is 16.6. The van der Waals surface area contributed by atoms with E-state index in [0.717, 1.165) is 22.7 Å². The zero-order valence-electron chi connectivity index (χ0n) is 15.8. The van der Waals surface area contributed by atoms with Gasteiger partial charge in [-0.3, -0.25) is 9.78 Å². The lowest BCUT2D eigenvalue weighted by atomic mass is 10.2. The first kappa shape index (κ1) is 19.7. The molecule has 0 aliphatic rings. The molecule has 0 aliphatic carbocycles. The quantitative estimate of drug-likeness (QED) is 0.577. The number of ether oxygens (including phenoxy) is 1. The van der Waals surface area contributed by atoms with Crippen LogP contribution in [0.2, 0.25) is 5.02 Å². The molecule has 1 heterocycles. The van der Waals surface area contributed by atoms with Crippen LogP contribution in [0.4, 0.5) is 11.4 Å². The van der Waals surface area contributed by atoms with E-state index in [4.69, 9.17) is 16.3 Å². The fourth-order valence-electron chi connectivity index (χ4n) is 2.61. The van der Waals surface area contributed by atoms with E-state index < -0.39 is 0 Å². The Hall–Kier alpha value is -3.05. The largest absolute Gasteiger partial charge is 0.491 e. The standard InChI is InChI=1S/C22H22ClN3O2/c1-15(2)28-20-9-7-18(8-10-20)26-19-11-17(12-24-14-19)22(27)25-13-16-5-3-4-6-21(16)23/h3-12,14-15,26H,13H2,1-2H3,(H,25,27). The fraction of sp³-hybridized carbons (Fsp3) is 0.182. The van der Waals surface area contributed by atoms with Crippen molar-refractivity contribution >= 4 is 28.9 Å². The van der Waals surface area contributed by atoms with Crippen molar-refractivity contribution in [2.75, 3.05) is 5.32 Å². The molecule has 0 fully saturated rings. The van der Waals surface area contributed by atoms with Crippen LogP contribution in [-0.4, -0.2) is 17.0 Å². The van der Waals surface area contributed by atoms with Crippen LogP contribution in [-0.2, 0) is 6.54 Å². The molecule has 3 aromatic rings. The number of aromatic nitrogens is 1. The molecule has 0 saturated carbocycles. The first-order chi connectivity index (χ1) is 13.5. The normalized spacial score (nSPS) is 10.6. The highest BCUT2D eigenvalue weighted by Crippen LogP contribution is 2.21. The minimum atomic E-state index is -0.211. The summed E-state index contributed by atoms with van der Waals surface area (Å²) in [5.41, 5.74) is 2.94. The van der Waals surface area contributed by atoms with Gasteiger partial charge >= 0.3 is 0 Å². The molecule has 0 spiro atoms. The van der Waals surface area contributed by atoms with Gasteiger partial charge in [-0.25, -0.2) is 0 Å². The van der Waals surface area contributed by atoms with Crippen molar-refractivity contribution in [2.45, 2.75) is 26.5 Å². The third kappa shape index (κ3) is 5.47. The summed E-state index contributed by atoms with van der Waals surface area (Å²) in [6.07, 6.45) is 3.33. The molecule has 0 bridgehead atoms. The van der Waals surface area contributed by atoms with Crippen molar-refractivity contribution in [3.63, 3.8) is 0 Å². The number of hydrogen-bond donors (Lipinski definition) is 2. The Morgan fingerprint density at radius 2 is 1.82 bits per heavy atom. The van der Waals surface area contributed by atoms with E-state index in [2.05, 4.69) is 15.6 Å². The van der Waals surface area contributed by atoms with Gasteiger partial charge in [-0.1, -0.05) is 29.8 Å². The zero-order chi connectivity index (χ0) is 19.9. The maximum absolute atomic E-state index is 12.4. The number of hydrogen-bond acceptors (Lipinski definition) is 4. The molecular formula is C22H22ClN3O2. The average Bonchev–Trinajstić information content (AvgIpc) is 2.68. The molecule has 6 heteroatoms. The maximum atomic E-state index is 12.4. The SMILES string of the molecule is CC(C)Oc1ccc(Nc2cncc(C(=O)NCc3ccccc3Cl)c2)cc1. The molecule has 3 rings (SSSR count). The van der Waals surface area contributed by atoms with Gasteiger partial charge in [-0.05, 0) is 55.8 Å². The second kappa shape index (κ2) is 9.24. The van der Waals surface area contributed by atoms with Crippen LogP contribution < -0.4 is 15.4 Å². The topological polar surface area (TPSA) is 63.2 Å². The highest BCUT2D eigenvalue weighted by molar-refractivity contribution is 6.31. The summed E-state index contributed by atoms with van der Waals surface area (Å²) in [6.45, 7) is 4.33. The molecule has 0 atom stereocenters. The Labute approximate surface area is 169 Å². The number of nitrogens with one attached hydrogen (secondary N) is 2. The number of amides is 1. The number of halogens is 1. The maximum Gasteiger partial charge on any atom is 0.253 e. The van der Waals surface area contributed by atoms with Gasteiger partial charge in [0.15, 0.2) is 0 Å². The summed E-state index contributed by atoms with van der Waals surface area (Å²) < 4.78 is 5.64. The third-order valence-corrected chi connectivity index (χ3v) is 4.28. The monoisotopic (exact) mass is 395 g/mol. The lowest BCUT2D eigenvalue weighted by Gasteiger charge is -2.12. The van der Waals surface area contributed by atoms with Gasteiger partial charge in [0.25, 0.3) is 5.91 Å². The van der Waals surface area contributed by atoms with Gasteiger partial charge in [0.2, 0.25) is 0 Å². The van der Waals surface area contributed by atoms with E-state index in [1.54, 1.807) is 18.3 Å². The Balaban J connectivity index is 1.63. The smallest absolute Gasteiger partial charge is 0.253 e. The number of rotatable bonds is 7. The zero-order valence-corrected chi connectivity index (χ0v) is 16.5. The van der Waals surface area contributed by atoms with Crippen LogP contribution in [0.25, 0.3) is 0 Å². The third-order valence-electron chi connectivity index (χ3n) is 3.91. The van der Waals surface area contributed by atoms with Crippen LogP contribution in [0.15, 0.2) is 67.0 Å². The second-order valence-corrected chi connectivity index (χ2v) is 6.96. The average molecular weight is 396 g/mol. The van der Waals surface area contributed by atoms with Gasteiger partial charge < -0.3 is 15.4 Å². The highest BCUT2D eigenvalue weighted by atomic mass is 35.5. The number of anilines is 2.